The van der Waals surface area contributed by atoms with Crippen LogP contribution in [-0.4, -0.2) is 95.5 Å². The van der Waals surface area contributed by atoms with Crippen LogP contribution >= 0.6 is 11.8 Å². The van der Waals surface area contributed by atoms with E-state index in [1.807, 2.05) is 0 Å². The van der Waals surface area contributed by atoms with Crippen molar-refractivity contribution in [2.75, 3.05) is 24.3 Å². The van der Waals surface area contributed by atoms with Gasteiger partial charge in [-0.15, -0.1) is 5.10 Å². The number of carboxylic acids is 2. The van der Waals surface area contributed by atoms with Crippen molar-refractivity contribution < 1.29 is 65.7 Å². The normalized spacial score (nSPS) is 23.2. The molecule has 2 fully saturated rings. The number of benzene rings is 1. The number of nitrogens with zero attached hydrogens (tertiary/aromatic N) is 5. The Kier molecular flexibility index (Phi) is 15.0. The molecule has 2 aliphatic rings. The Morgan fingerprint density at radius 1 is 1.11 bits per heavy atom. The molecule has 2 aromatic heterocycles. The number of carboxylic acid groups (broad SMARTS) is 2. The number of anilines is 1. The molecule has 6 atom stereocenters. The Hall–Kier alpha value is -2.99. The van der Waals surface area contributed by atoms with Gasteiger partial charge in [-0.1, -0.05) is 30.0 Å². The fraction of sp³-hybridized carbons (Fsp3) is 0.556. The monoisotopic (exact) mass is 696 g/mol. The third kappa shape index (κ3) is 10.5. The van der Waals surface area contributed by atoms with Crippen molar-refractivity contribution in [2.24, 2.45) is 0 Å². The Bertz CT molecular complexity index is 1420. The predicted molar refractivity (Wildman–Crippen MR) is 149 cm³/mol. The summed E-state index contributed by atoms with van der Waals surface area (Å²) in [5.41, 5.74) is 1.53. The largest absolute Gasteiger partial charge is 2.00 e. The van der Waals surface area contributed by atoms with Crippen LogP contribution in [0, 0.1) is 11.6 Å². The number of hydrogen-bond acceptors (Lipinski definition) is 14. The van der Waals surface area contributed by atoms with E-state index in [2.05, 4.69) is 32.5 Å². The summed E-state index contributed by atoms with van der Waals surface area (Å²) in [4.78, 5) is 27.0. The van der Waals surface area contributed by atoms with Gasteiger partial charge in [0.25, 0.3) is 0 Å². The number of fused-ring (bicyclic) bond motifs is 1. The number of carbonyl (C=O) groups excluding carboxylic acids is 2. The van der Waals surface area contributed by atoms with Crippen LogP contribution in [0.15, 0.2) is 23.4 Å². The van der Waals surface area contributed by atoms with E-state index in [0.29, 0.717) is 27.7 Å². The summed E-state index contributed by atoms with van der Waals surface area (Å²) >= 11 is 1.48. The molecule has 4 N–H and O–H groups in total. The van der Waals surface area contributed by atoms with Gasteiger partial charge in [-0.25, -0.2) is 23.4 Å². The van der Waals surface area contributed by atoms with E-state index in [-0.39, 0.29) is 48.7 Å². The Labute approximate surface area is 272 Å². The third-order valence-electron chi connectivity index (χ3n) is 6.56. The number of ether oxygens (including phenoxy) is 1. The molecule has 14 nitrogen and oxygen atoms in total. The number of aromatic nitrogens is 5. The van der Waals surface area contributed by atoms with Gasteiger partial charge in [0.15, 0.2) is 33.8 Å². The molecular formula is C27H34F2FeN6O8S. The minimum absolute atomic E-state index is 0. The second-order valence-electron chi connectivity index (χ2n) is 10.1. The number of aliphatic hydroxyl groups excluding tert-OH is 3. The summed E-state index contributed by atoms with van der Waals surface area (Å²) in [7, 11) is 0. The topological polar surface area (TPSA) is 219 Å². The van der Waals surface area contributed by atoms with Gasteiger partial charge in [-0.3, -0.25) is 0 Å². The molecule has 2 aliphatic carbocycles. The van der Waals surface area contributed by atoms with Crippen LogP contribution in [0.2, 0.25) is 0 Å². The van der Waals surface area contributed by atoms with Crippen LogP contribution in [0.25, 0.3) is 11.2 Å². The maximum atomic E-state index is 13.7. The van der Waals surface area contributed by atoms with E-state index in [9.17, 15) is 19.0 Å². The van der Waals surface area contributed by atoms with Gasteiger partial charge < -0.3 is 45.2 Å². The van der Waals surface area contributed by atoms with E-state index < -0.39 is 47.9 Å². The zero-order valence-electron chi connectivity index (χ0n) is 24.6. The fourth-order valence-electron chi connectivity index (χ4n) is 4.61. The molecule has 0 radical (unpaired) electrons. The van der Waals surface area contributed by atoms with Gasteiger partial charge in [0, 0.05) is 36.1 Å². The molecule has 0 spiro atoms. The van der Waals surface area contributed by atoms with E-state index in [4.69, 9.17) is 29.6 Å². The third-order valence-corrected chi connectivity index (χ3v) is 7.61. The van der Waals surface area contributed by atoms with E-state index in [1.165, 1.54) is 22.5 Å². The zero-order valence-corrected chi connectivity index (χ0v) is 26.5. The van der Waals surface area contributed by atoms with Crippen LogP contribution in [0.4, 0.5) is 14.6 Å². The molecular weight excluding hydrogens is 662 g/mol. The molecule has 5 rings (SSSR count). The summed E-state index contributed by atoms with van der Waals surface area (Å²) in [6.07, 6.45) is -1.04. The van der Waals surface area contributed by atoms with Gasteiger partial charge in [0.2, 0.25) is 0 Å². The van der Waals surface area contributed by atoms with Gasteiger partial charge in [-0.2, -0.15) is 0 Å². The second kappa shape index (κ2) is 17.6. The molecule has 0 amide bonds. The van der Waals surface area contributed by atoms with Crippen molar-refractivity contribution in [3.05, 3.63) is 35.4 Å². The Morgan fingerprint density at radius 2 is 1.78 bits per heavy atom. The molecule has 0 saturated heterocycles. The molecule has 0 aliphatic heterocycles. The summed E-state index contributed by atoms with van der Waals surface area (Å²) in [6, 6.07) is 3.26. The number of aliphatic carboxylic acids is 2. The van der Waals surface area contributed by atoms with Crippen LogP contribution in [0.3, 0.4) is 0 Å². The number of aliphatic hydroxyl groups is 3. The van der Waals surface area contributed by atoms with Crippen molar-refractivity contribution in [1.82, 2.24) is 25.0 Å². The SMILES string of the molecule is CC(=O)[O-].CC(=O)[O-].CCCSc1nc(N[C@@H]2C[C@H]2c2ccc(F)c(F)c2)c2nnn([C@@H]3C[C@H](OCCO)[C@@H](O)[C@H]3O)c2n1.[Fe+2]. The van der Waals surface area contributed by atoms with Gasteiger partial charge in [0.1, 0.15) is 12.2 Å². The second-order valence-corrected chi connectivity index (χ2v) is 11.1. The van der Waals surface area contributed by atoms with E-state index >= 15 is 0 Å². The minimum atomic E-state index is -1.15. The van der Waals surface area contributed by atoms with E-state index in [1.54, 1.807) is 6.07 Å². The fourth-order valence-corrected chi connectivity index (χ4v) is 5.31. The van der Waals surface area contributed by atoms with Crippen molar-refractivity contribution in [3.8, 4) is 0 Å². The van der Waals surface area contributed by atoms with Crippen LogP contribution in [-0.2, 0) is 31.4 Å². The van der Waals surface area contributed by atoms with Gasteiger partial charge >= 0.3 is 17.1 Å². The van der Waals surface area contributed by atoms with Crippen molar-refractivity contribution in [2.45, 2.75) is 81.5 Å². The van der Waals surface area contributed by atoms with E-state index in [0.717, 1.165) is 38.5 Å². The molecule has 45 heavy (non-hydrogen) atoms. The van der Waals surface area contributed by atoms with Crippen LogP contribution < -0.4 is 15.5 Å². The molecule has 3 aromatic rings. The van der Waals surface area contributed by atoms with Crippen LogP contribution in [0.5, 0.6) is 0 Å². The van der Waals surface area contributed by atoms with Gasteiger partial charge in [0.05, 0.1) is 25.4 Å². The van der Waals surface area contributed by atoms with Crippen molar-refractivity contribution in [3.63, 3.8) is 0 Å². The number of halogens is 2. The minimum Gasteiger partial charge on any atom is -0.550 e. The zero-order chi connectivity index (χ0) is 32.6. The summed E-state index contributed by atoms with van der Waals surface area (Å²) in [6.45, 7) is 3.85. The maximum absolute atomic E-state index is 13.7. The summed E-state index contributed by atoms with van der Waals surface area (Å²) in [5, 5.41) is 60.3. The first-order chi connectivity index (χ1) is 20.9. The average molecular weight is 697 g/mol. The van der Waals surface area contributed by atoms with Crippen molar-refractivity contribution >= 4 is 40.7 Å². The maximum Gasteiger partial charge on any atom is 2.00 e. The predicted octanol–water partition coefficient (Wildman–Crippen LogP) is -0.476. The Morgan fingerprint density at radius 3 is 2.38 bits per heavy atom. The van der Waals surface area contributed by atoms with Gasteiger partial charge in [-0.05, 0) is 44.4 Å². The molecule has 0 unspecified atom stereocenters. The molecule has 248 valence electrons. The quantitative estimate of drug-likeness (QED) is 0.120. The first kappa shape index (κ1) is 38.2. The Balaban J connectivity index is 0.000000704. The molecule has 0 bridgehead atoms. The molecule has 2 heterocycles. The van der Waals surface area contributed by atoms with Crippen LogP contribution in [0.1, 0.15) is 57.6 Å². The molecule has 2 saturated carbocycles. The smallest absolute Gasteiger partial charge is 0.550 e. The average Bonchev–Trinajstić information content (AvgIpc) is 3.50. The summed E-state index contributed by atoms with van der Waals surface area (Å²) < 4.78 is 34.0. The summed E-state index contributed by atoms with van der Waals surface area (Å²) in [5.74, 6) is -2.64. The number of thioether (sulfide) groups is 1. The van der Waals surface area contributed by atoms with Crippen molar-refractivity contribution in [1.29, 1.82) is 0 Å². The number of carbonyl (C=O) groups is 2. The first-order valence-electron chi connectivity index (χ1n) is 13.8. The number of rotatable bonds is 10. The molecule has 1 aromatic carbocycles. The first-order valence-corrected chi connectivity index (χ1v) is 14.8. The number of hydrogen-bond donors (Lipinski definition) is 4. The molecule has 18 heteroatoms. The standard InChI is InChI=1S/C23H28F2N6O4S.2C2H4O2.Fe/c1-2-7-36-23-27-21(26-15-9-12(15)11-3-4-13(24)14(25)8-11)18-22(28-23)31(30-29-18)16-10-17(35-6-5-32)20(34)19(16)33;2*1-2(3)4;/h3-4,8,12,15-17,19-20,32-34H,2,5-7,9-10H2,1H3,(H,26,27,28);2*1H3,(H,3,4);/q;;;+2/p-2/t12-,15+,16+,17-,19-,20+;;;/m0.../s1. The number of nitrogens with one attached hydrogen (secondary N) is 1.